The summed E-state index contributed by atoms with van der Waals surface area (Å²) in [6.45, 7) is 0. The Morgan fingerprint density at radius 1 is 1.19 bits per heavy atom. The summed E-state index contributed by atoms with van der Waals surface area (Å²) in [5.41, 5.74) is 2.71. The largest absolute Gasteiger partial charge is 0.497 e. The van der Waals surface area contributed by atoms with Gasteiger partial charge in [0.05, 0.1) is 20.4 Å². The van der Waals surface area contributed by atoms with E-state index in [0.717, 1.165) is 0 Å². The fraction of sp³-hybridized carbons (Fsp3) is 0.182. The van der Waals surface area contributed by atoms with Gasteiger partial charge in [-0.2, -0.15) is 0 Å². The van der Waals surface area contributed by atoms with Gasteiger partial charge in [0.25, 0.3) is 0 Å². The molecule has 1 aromatic heterocycles. The van der Waals surface area contributed by atoms with Gasteiger partial charge >= 0.3 is 0 Å². The van der Waals surface area contributed by atoms with E-state index in [2.05, 4.69) is 10.5 Å². The van der Waals surface area contributed by atoms with Crippen molar-refractivity contribution >= 4 is 11.3 Å². The van der Waals surface area contributed by atoms with Crippen LogP contribution in [-0.4, -0.2) is 19.2 Å². The van der Waals surface area contributed by atoms with Crippen molar-refractivity contribution in [1.82, 2.24) is 4.98 Å². The maximum absolute atomic E-state index is 5.60. The highest BCUT2D eigenvalue weighted by atomic mass is 32.1. The number of benzene rings is 1. The molecule has 1 radical (unpaired) electrons. The summed E-state index contributed by atoms with van der Waals surface area (Å²) in [4.78, 5) is 3.81. The molecule has 0 aliphatic carbocycles. The number of ether oxygens (including phenoxy) is 3. The second kappa shape index (κ2) is 4.85. The molecule has 0 atom stereocenters. The molecule has 5 heteroatoms. The van der Waals surface area contributed by atoms with Crippen molar-refractivity contribution in [2.75, 3.05) is 14.2 Å². The maximum atomic E-state index is 5.60. The molecule has 4 nitrogen and oxygen atoms in total. The van der Waals surface area contributed by atoms with Crippen LogP contribution in [0.15, 0.2) is 24.4 Å². The molecule has 0 fully saturated rings. The SMILES string of the molecule is COc1ccc(OC)c(Oc2cn[c]s2)c1. The molecule has 0 N–H and O–H groups in total. The van der Waals surface area contributed by atoms with Crippen LogP contribution in [-0.2, 0) is 0 Å². The van der Waals surface area contributed by atoms with Crippen LogP contribution < -0.4 is 14.2 Å². The van der Waals surface area contributed by atoms with E-state index in [1.807, 2.05) is 6.07 Å². The number of hydrogen-bond donors (Lipinski definition) is 0. The number of methoxy groups -OCH3 is 2. The lowest BCUT2D eigenvalue weighted by atomic mass is 10.3. The first kappa shape index (κ1) is 10.8. The van der Waals surface area contributed by atoms with Crippen molar-refractivity contribution in [1.29, 1.82) is 0 Å². The number of hydrogen-bond acceptors (Lipinski definition) is 5. The first-order chi connectivity index (χ1) is 7.83. The Balaban J connectivity index is 2.30. The van der Waals surface area contributed by atoms with Gasteiger partial charge in [0.2, 0.25) is 5.06 Å². The van der Waals surface area contributed by atoms with Gasteiger partial charge < -0.3 is 14.2 Å². The van der Waals surface area contributed by atoms with Gasteiger partial charge in [0.15, 0.2) is 17.0 Å². The van der Waals surface area contributed by atoms with Crippen molar-refractivity contribution in [3.63, 3.8) is 0 Å². The second-order valence-electron chi connectivity index (χ2n) is 2.89. The zero-order valence-corrected chi connectivity index (χ0v) is 9.71. The summed E-state index contributed by atoms with van der Waals surface area (Å²) in [5, 5.41) is 0.659. The van der Waals surface area contributed by atoms with Crippen LogP contribution in [0.5, 0.6) is 22.3 Å². The maximum Gasteiger partial charge on any atom is 0.201 e. The molecule has 0 saturated carbocycles. The van der Waals surface area contributed by atoms with Crippen molar-refractivity contribution in [3.05, 3.63) is 29.9 Å². The Labute approximate surface area is 97.4 Å². The number of nitrogens with zero attached hydrogens (tertiary/aromatic N) is 1. The molecule has 16 heavy (non-hydrogen) atoms. The summed E-state index contributed by atoms with van der Waals surface area (Å²) in [6, 6.07) is 5.36. The summed E-state index contributed by atoms with van der Waals surface area (Å²) >= 11 is 1.30. The Hall–Kier alpha value is -1.75. The molecule has 0 amide bonds. The Morgan fingerprint density at radius 3 is 2.69 bits per heavy atom. The van der Waals surface area contributed by atoms with Crippen LogP contribution in [0.3, 0.4) is 0 Å². The number of thiazole rings is 1. The summed E-state index contributed by atoms with van der Waals surface area (Å²) < 4.78 is 15.9. The van der Waals surface area contributed by atoms with Crippen molar-refractivity contribution in [2.45, 2.75) is 0 Å². The third-order valence-electron chi connectivity index (χ3n) is 1.95. The Kier molecular flexibility index (Phi) is 3.26. The van der Waals surface area contributed by atoms with E-state index in [0.29, 0.717) is 22.3 Å². The van der Waals surface area contributed by atoms with Gasteiger partial charge in [0.1, 0.15) is 5.75 Å². The molecule has 0 saturated heterocycles. The summed E-state index contributed by atoms with van der Waals surface area (Å²) in [6.07, 6.45) is 1.60. The third kappa shape index (κ3) is 2.25. The van der Waals surface area contributed by atoms with Crippen LogP contribution >= 0.6 is 11.3 Å². The van der Waals surface area contributed by atoms with E-state index in [1.54, 1.807) is 32.5 Å². The van der Waals surface area contributed by atoms with E-state index in [9.17, 15) is 0 Å². The standard InChI is InChI=1S/C11H10NO3S/c1-13-8-3-4-9(14-2)10(5-8)15-11-6-12-7-16-11/h3-6H,1-2H3. The zero-order valence-electron chi connectivity index (χ0n) is 8.89. The lowest BCUT2D eigenvalue weighted by Gasteiger charge is -2.09. The average molecular weight is 236 g/mol. The highest BCUT2D eigenvalue weighted by molar-refractivity contribution is 7.11. The van der Waals surface area contributed by atoms with Crippen LogP contribution in [0.1, 0.15) is 0 Å². The molecule has 83 valence electrons. The van der Waals surface area contributed by atoms with E-state index in [-0.39, 0.29) is 0 Å². The molecule has 1 heterocycles. The molecular weight excluding hydrogens is 226 g/mol. The monoisotopic (exact) mass is 236 g/mol. The molecule has 1 aromatic carbocycles. The summed E-state index contributed by atoms with van der Waals surface area (Å²) in [5.74, 6) is 1.96. The fourth-order valence-corrected chi connectivity index (χ4v) is 1.63. The Bertz CT molecular complexity index is 456. The van der Waals surface area contributed by atoms with Gasteiger partial charge in [-0.15, -0.1) is 0 Å². The van der Waals surface area contributed by atoms with Crippen LogP contribution in [0.2, 0.25) is 0 Å². The Morgan fingerprint density at radius 2 is 2.06 bits per heavy atom. The minimum atomic E-state index is 0.597. The smallest absolute Gasteiger partial charge is 0.201 e. The lowest BCUT2D eigenvalue weighted by molar-refractivity contribution is 0.373. The first-order valence-corrected chi connectivity index (χ1v) is 5.37. The van der Waals surface area contributed by atoms with Gasteiger partial charge in [-0.05, 0) is 12.1 Å². The van der Waals surface area contributed by atoms with E-state index in [1.165, 1.54) is 11.3 Å². The first-order valence-electron chi connectivity index (χ1n) is 4.55. The minimum absolute atomic E-state index is 0.597. The molecule has 0 spiro atoms. The van der Waals surface area contributed by atoms with Gasteiger partial charge in [-0.1, -0.05) is 11.3 Å². The topological polar surface area (TPSA) is 40.6 Å². The van der Waals surface area contributed by atoms with Gasteiger partial charge in [-0.3, -0.25) is 0 Å². The molecule has 0 aliphatic heterocycles. The predicted octanol–water partition coefficient (Wildman–Crippen LogP) is 2.75. The molecule has 0 unspecified atom stereocenters. The van der Waals surface area contributed by atoms with Gasteiger partial charge in [-0.25, -0.2) is 4.98 Å². The van der Waals surface area contributed by atoms with E-state index in [4.69, 9.17) is 14.2 Å². The van der Waals surface area contributed by atoms with Crippen LogP contribution in [0, 0.1) is 5.51 Å². The molecule has 0 bridgehead atoms. The second-order valence-corrected chi connectivity index (χ2v) is 3.68. The predicted molar refractivity (Wildman–Crippen MR) is 60.6 cm³/mol. The number of aromatic nitrogens is 1. The van der Waals surface area contributed by atoms with Gasteiger partial charge in [0, 0.05) is 6.07 Å². The van der Waals surface area contributed by atoms with E-state index >= 15 is 0 Å². The zero-order chi connectivity index (χ0) is 11.4. The molecule has 0 aliphatic rings. The lowest BCUT2D eigenvalue weighted by Crippen LogP contribution is -1.90. The highest BCUT2D eigenvalue weighted by Gasteiger charge is 2.08. The fourth-order valence-electron chi connectivity index (χ4n) is 1.20. The average Bonchev–Trinajstić information content (AvgIpc) is 2.82. The minimum Gasteiger partial charge on any atom is -0.497 e. The van der Waals surface area contributed by atoms with Crippen LogP contribution in [0.4, 0.5) is 0 Å². The summed E-state index contributed by atoms with van der Waals surface area (Å²) in [7, 11) is 3.19. The van der Waals surface area contributed by atoms with E-state index < -0.39 is 0 Å². The molecular formula is C11H10NO3S. The number of rotatable bonds is 4. The quantitative estimate of drug-likeness (QED) is 0.818. The van der Waals surface area contributed by atoms with Crippen molar-refractivity contribution in [3.8, 4) is 22.3 Å². The molecule has 2 aromatic rings. The highest BCUT2D eigenvalue weighted by Crippen LogP contribution is 2.35. The normalized spacial score (nSPS) is 9.88. The van der Waals surface area contributed by atoms with Crippen molar-refractivity contribution in [2.24, 2.45) is 0 Å². The van der Waals surface area contributed by atoms with Crippen LogP contribution in [0.25, 0.3) is 0 Å². The van der Waals surface area contributed by atoms with Crippen molar-refractivity contribution < 1.29 is 14.2 Å². The third-order valence-corrected chi connectivity index (χ3v) is 2.54. The molecule has 2 rings (SSSR count).